The molecule has 1 aromatic carbocycles. The molecule has 2 aliphatic carbocycles. The molecule has 2 heteroatoms. The lowest BCUT2D eigenvalue weighted by Crippen LogP contribution is -2.15. The molecule has 0 aromatic heterocycles. The van der Waals surface area contributed by atoms with Gasteiger partial charge in [-0.1, -0.05) is 66.8 Å². The fourth-order valence-corrected chi connectivity index (χ4v) is 3.40. The Balaban J connectivity index is 1.64. The molecule has 0 saturated carbocycles. The quantitative estimate of drug-likeness (QED) is 0.745. The van der Waals surface area contributed by atoms with Crippen LogP contribution in [0.1, 0.15) is 24.5 Å². The molecule has 0 radical (unpaired) electrons. The van der Waals surface area contributed by atoms with Crippen LogP contribution < -0.4 is 0 Å². The first kappa shape index (κ1) is 14.9. The van der Waals surface area contributed by atoms with Gasteiger partial charge in [0.1, 0.15) is 7.05 Å². The standard InChI is InChI=1S/C22H22NO/c1-23-16-21(19-13-3-2-4-14-19)24-22(23)20(18-11-7-8-12-18)15-17-9-5-6-10-17/h2-9,11,13-15,21H,10,12,16H2,1H3/q+1/b20-15-. The molecule has 3 aliphatic rings. The van der Waals surface area contributed by atoms with E-state index >= 15 is 0 Å². The summed E-state index contributed by atoms with van der Waals surface area (Å²) in [6.45, 7) is 0.884. The summed E-state index contributed by atoms with van der Waals surface area (Å²) in [5.74, 6) is 0.992. The molecule has 0 spiro atoms. The van der Waals surface area contributed by atoms with Gasteiger partial charge in [-0.25, -0.2) is 0 Å². The van der Waals surface area contributed by atoms with Crippen LogP contribution in [0.5, 0.6) is 0 Å². The largest absolute Gasteiger partial charge is 0.429 e. The van der Waals surface area contributed by atoms with Crippen molar-refractivity contribution in [3.8, 4) is 0 Å². The Morgan fingerprint density at radius 1 is 1.08 bits per heavy atom. The Morgan fingerprint density at radius 2 is 1.88 bits per heavy atom. The maximum Gasteiger partial charge on any atom is 0.370 e. The second kappa shape index (κ2) is 6.48. The zero-order chi connectivity index (χ0) is 16.4. The van der Waals surface area contributed by atoms with Crippen LogP contribution >= 0.6 is 0 Å². The number of likely N-dealkylation sites (N-methyl/N-ethyl adjacent to an activating group) is 1. The molecular formula is C22H22NO+. The third-order valence-corrected chi connectivity index (χ3v) is 4.69. The minimum Gasteiger partial charge on any atom is -0.429 e. The van der Waals surface area contributed by atoms with Crippen LogP contribution in [0.2, 0.25) is 0 Å². The predicted octanol–water partition coefficient (Wildman–Crippen LogP) is 4.50. The fraction of sp³-hybridized carbons (Fsp3) is 0.227. The van der Waals surface area contributed by atoms with Crippen molar-refractivity contribution in [3.05, 3.63) is 95.1 Å². The van der Waals surface area contributed by atoms with Crippen molar-refractivity contribution in [1.29, 1.82) is 0 Å². The normalized spacial score (nSPS) is 22.9. The Bertz CT molecular complexity index is 819. The summed E-state index contributed by atoms with van der Waals surface area (Å²) in [5.41, 5.74) is 5.12. The van der Waals surface area contributed by atoms with Crippen molar-refractivity contribution in [2.45, 2.75) is 18.9 Å². The summed E-state index contributed by atoms with van der Waals surface area (Å²) in [7, 11) is 2.12. The molecule has 1 heterocycles. The van der Waals surface area contributed by atoms with Crippen LogP contribution in [0.25, 0.3) is 0 Å². The number of nitrogens with zero attached hydrogens (tertiary/aromatic N) is 1. The number of rotatable bonds is 4. The number of hydrogen-bond donors (Lipinski definition) is 0. The molecule has 4 rings (SSSR count). The van der Waals surface area contributed by atoms with Gasteiger partial charge in [-0.2, -0.15) is 4.58 Å². The van der Waals surface area contributed by atoms with Crippen molar-refractivity contribution < 1.29 is 9.31 Å². The van der Waals surface area contributed by atoms with Crippen LogP contribution in [-0.2, 0) is 4.74 Å². The van der Waals surface area contributed by atoms with Crippen molar-refractivity contribution >= 4 is 5.90 Å². The molecule has 1 atom stereocenters. The summed E-state index contributed by atoms with van der Waals surface area (Å²) in [6.07, 6.45) is 17.4. The highest BCUT2D eigenvalue weighted by molar-refractivity contribution is 5.96. The van der Waals surface area contributed by atoms with E-state index < -0.39 is 0 Å². The zero-order valence-electron chi connectivity index (χ0n) is 14.0. The van der Waals surface area contributed by atoms with Crippen molar-refractivity contribution in [3.63, 3.8) is 0 Å². The molecular weight excluding hydrogens is 294 g/mol. The zero-order valence-corrected chi connectivity index (χ0v) is 14.0. The number of ether oxygens (including phenoxy) is 1. The van der Waals surface area contributed by atoms with Gasteiger partial charge in [-0.3, -0.25) is 0 Å². The SMILES string of the molecule is C[N+]1=C(/C(=C\C2=CC=CC2)C2=CC=CC2)OC(c2ccccc2)C1. The highest BCUT2D eigenvalue weighted by atomic mass is 16.5. The van der Waals surface area contributed by atoms with Crippen LogP contribution in [0.15, 0.2) is 89.6 Å². The lowest BCUT2D eigenvalue weighted by molar-refractivity contribution is -0.490. The van der Waals surface area contributed by atoms with Gasteiger partial charge in [-0.15, -0.1) is 0 Å². The van der Waals surface area contributed by atoms with E-state index in [9.17, 15) is 0 Å². The molecule has 1 unspecified atom stereocenters. The first-order chi connectivity index (χ1) is 11.8. The lowest BCUT2D eigenvalue weighted by Gasteiger charge is -2.10. The van der Waals surface area contributed by atoms with E-state index in [-0.39, 0.29) is 6.10 Å². The fourth-order valence-electron chi connectivity index (χ4n) is 3.40. The van der Waals surface area contributed by atoms with E-state index in [0.29, 0.717) is 0 Å². The monoisotopic (exact) mass is 316 g/mol. The first-order valence-electron chi connectivity index (χ1n) is 8.55. The smallest absolute Gasteiger partial charge is 0.370 e. The van der Waals surface area contributed by atoms with Gasteiger partial charge in [0.25, 0.3) is 0 Å². The third kappa shape index (κ3) is 2.92. The van der Waals surface area contributed by atoms with Gasteiger partial charge in [0.05, 0.1) is 5.57 Å². The van der Waals surface area contributed by atoms with Gasteiger partial charge < -0.3 is 4.74 Å². The van der Waals surface area contributed by atoms with Gasteiger partial charge in [0, 0.05) is 0 Å². The van der Waals surface area contributed by atoms with E-state index in [0.717, 1.165) is 25.3 Å². The number of benzene rings is 1. The van der Waals surface area contributed by atoms with Crippen molar-refractivity contribution in [2.75, 3.05) is 13.6 Å². The highest BCUT2D eigenvalue weighted by Crippen LogP contribution is 2.30. The maximum absolute atomic E-state index is 6.40. The predicted molar refractivity (Wildman–Crippen MR) is 98.1 cm³/mol. The molecule has 0 fully saturated rings. The lowest BCUT2D eigenvalue weighted by atomic mass is 10.0. The molecule has 2 nitrogen and oxygen atoms in total. The second-order valence-corrected chi connectivity index (χ2v) is 6.46. The van der Waals surface area contributed by atoms with Crippen molar-refractivity contribution in [2.24, 2.45) is 0 Å². The van der Waals surface area contributed by atoms with Gasteiger partial charge in [0.2, 0.25) is 0 Å². The molecule has 1 aromatic rings. The average molecular weight is 316 g/mol. The summed E-state index contributed by atoms with van der Waals surface area (Å²) >= 11 is 0. The Labute approximate surface area is 143 Å². The van der Waals surface area contributed by atoms with E-state index in [1.807, 2.05) is 6.07 Å². The topological polar surface area (TPSA) is 12.2 Å². The maximum atomic E-state index is 6.40. The van der Waals surface area contributed by atoms with E-state index in [4.69, 9.17) is 4.74 Å². The molecule has 0 N–H and O–H groups in total. The van der Waals surface area contributed by atoms with Crippen molar-refractivity contribution in [1.82, 2.24) is 0 Å². The summed E-state index contributed by atoms with van der Waals surface area (Å²) in [6, 6.07) is 10.5. The van der Waals surface area contributed by atoms with Crippen LogP contribution in [0.3, 0.4) is 0 Å². The number of allylic oxidation sites excluding steroid dienone is 8. The van der Waals surface area contributed by atoms with E-state index in [1.165, 1.54) is 22.3 Å². The summed E-state index contributed by atoms with van der Waals surface area (Å²) in [4.78, 5) is 0. The van der Waals surface area contributed by atoms with E-state index in [1.54, 1.807) is 0 Å². The molecule has 0 saturated heterocycles. The Kier molecular flexibility index (Phi) is 4.04. The highest BCUT2D eigenvalue weighted by Gasteiger charge is 2.35. The van der Waals surface area contributed by atoms with Crippen LogP contribution in [0.4, 0.5) is 0 Å². The summed E-state index contributed by atoms with van der Waals surface area (Å²) in [5, 5.41) is 0. The Morgan fingerprint density at radius 3 is 2.58 bits per heavy atom. The Hall–Kier alpha value is -2.61. The first-order valence-corrected chi connectivity index (χ1v) is 8.55. The van der Waals surface area contributed by atoms with Gasteiger partial charge in [-0.05, 0) is 35.6 Å². The second-order valence-electron chi connectivity index (χ2n) is 6.46. The molecule has 0 amide bonds. The third-order valence-electron chi connectivity index (χ3n) is 4.69. The van der Waals surface area contributed by atoms with E-state index in [2.05, 4.69) is 78.4 Å². The molecule has 1 aliphatic heterocycles. The minimum atomic E-state index is 0.0974. The average Bonchev–Trinajstić information content (AvgIpc) is 3.36. The van der Waals surface area contributed by atoms with Crippen LogP contribution in [-0.4, -0.2) is 24.1 Å². The minimum absolute atomic E-state index is 0.0974. The number of hydrogen-bond acceptors (Lipinski definition) is 1. The van der Waals surface area contributed by atoms with Crippen LogP contribution in [0, 0.1) is 0 Å². The summed E-state index contributed by atoms with van der Waals surface area (Å²) < 4.78 is 8.64. The molecule has 120 valence electrons. The molecule has 0 bridgehead atoms. The van der Waals surface area contributed by atoms with Gasteiger partial charge in [0.15, 0.2) is 12.6 Å². The van der Waals surface area contributed by atoms with Gasteiger partial charge >= 0.3 is 5.90 Å². The molecule has 24 heavy (non-hydrogen) atoms.